The van der Waals surface area contributed by atoms with Crippen molar-refractivity contribution in [3.8, 4) is 11.5 Å². The van der Waals surface area contributed by atoms with Crippen LogP contribution in [0.25, 0.3) is 0 Å². The Morgan fingerprint density at radius 2 is 1.65 bits per heavy atom. The largest absolute Gasteiger partial charge is 0.496 e. The fourth-order valence-electron chi connectivity index (χ4n) is 2.87. The van der Waals surface area contributed by atoms with Crippen LogP contribution in [-0.4, -0.2) is 32.1 Å². The molecule has 0 heterocycles. The molecule has 1 aromatic carbocycles. The molecule has 110 valence electrons. The molecule has 1 aliphatic rings. The molecule has 1 unspecified atom stereocenters. The van der Waals surface area contributed by atoms with Crippen molar-refractivity contribution in [1.82, 2.24) is 0 Å². The first kappa shape index (κ1) is 15.3. The van der Waals surface area contributed by atoms with Gasteiger partial charge in [0.15, 0.2) is 5.52 Å². The molecule has 1 fully saturated rings. The van der Waals surface area contributed by atoms with Gasteiger partial charge in [0.2, 0.25) is 0 Å². The minimum Gasteiger partial charge on any atom is -0.496 e. The summed E-state index contributed by atoms with van der Waals surface area (Å²) in [6, 6.07) is 5.52. The van der Waals surface area contributed by atoms with Gasteiger partial charge in [0.05, 0.1) is 14.2 Å². The molecular weight excluding hydrogens is 271 g/mol. The van der Waals surface area contributed by atoms with Gasteiger partial charge in [-0.25, -0.2) is 0 Å². The molecule has 0 aromatic heterocycles. The fourth-order valence-corrected chi connectivity index (χ4v) is 4.92. The summed E-state index contributed by atoms with van der Waals surface area (Å²) in [6.07, 6.45) is 6.20. The molecule has 0 amide bonds. The maximum atomic E-state index is 12.9. The van der Waals surface area contributed by atoms with Gasteiger partial charge in [-0.15, -0.1) is 0 Å². The van der Waals surface area contributed by atoms with Gasteiger partial charge >= 0.3 is 0 Å². The maximum absolute atomic E-state index is 12.9. The third-order valence-electron chi connectivity index (χ3n) is 4.08. The second kappa shape index (κ2) is 7.08. The zero-order valence-electron chi connectivity index (χ0n) is 12.5. The zero-order chi connectivity index (χ0) is 14.5. The third-order valence-corrected chi connectivity index (χ3v) is 6.56. The molecule has 3 nitrogen and oxygen atoms in total. The van der Waals surface area contributed by atoms with E-state index in [0.29, 0.717) is 22.7 Å². The maximum Gasteiger partial charge on any atom is 0.191 e. The Morgan fingerprint density at radius 1 is 1.10 bits per heavy atom. The summed E-state index contributed by atoms with van der Waals surface area (Å²) in [5.74, 6) is 1.25. The van der Waals surface area contributed by atoms with Crippen molar-refractivity contribution >= 4 is 13.4 Å². The fraction of sp³-hybridized carbons (Fsp3) is 0.562. The second-order valence-electron chi connectivity index (χ2n) is 5.25. The molecule has 0 spiro atoms. The van der Waals surface area contributed by atoms with E-state index in [4.69, 9.17) is 9.47 Å². The lowest BCUT2D eigenvalue weighted by Gasteiger charge is -2.27. The normalized spacial score (nSPS) is 17.6. The van der Waals surface area contributed by atoms with Crippen molar-refractivity contribution in [3.05, 3.63) is 23.8 Å². The van der Waals surface area contributed by atoms with Crippen LogP contribution in [0.2, 0.25) is 0 Å². The molecule has 1 aromatic rings. The van der Waals surface area contributed by atoms with Gasteiger partial charge in [-0.1, -0.05) is 25.3 Å². The molecule has 2 rings (SSSR count). The van der Waals surface area contributed by atoms with E-state index < -0.39 is 7.92 Å². The summed E-state index contributed by atoms with van der Waals surface area (Å²) in [7, 11) is 2.52. The van der Waals surface area contributed by atoms with Crippen LogP contribution in [0.3, 0.4) is 0 Å². The molecule has 0 aliphatic heterocycles. The molecule has 1 aliphatic carbocycles. The number of rotatable bonds is 5. The number of hydrogen-bond acceptors (Lipinski definition) is 3. The quantitative estimate of drug-likeness (QED) is 0.760. The van der Waals surface area contributed by atoms with Gasteiger partial charge in [-0.3, -0.25) is 4.79 Å². The SMILES string of the molecule is COc1cccc(OC)c1C(=O)P(C)C1CCCCC1. The predicted octanol–water partition coefficient (Wildman–Crippen LogP) is 4.29. The van der Waals surface area contributed by atoms with Crippen LogP contribution >= 0.6 is 7.92 Å². The number of benzene rings is 1. The Hall–Kier alpha value is -1.08. The third kappa shape index (κ3) is 3.15. The minimum absolute atomic E-state index is 0.209. The summed E-state index contributed by atoms with van der Waals surface area (Å²) in [5, 5.41) is 0. The van der Waals surface area contributed by atoms with E-state index in [0.717, 1.165) is 0 Å². The Balaban J connectivity index is 2.27. The highest BCUT2D eigenvalue weighted by Crippen LogP contribution is 2.49. The highest BCUT2D eigenvalue weighted by molar-refractivity contribution is 7.75. The Kier molecular flexibility index (Phi) is 5.42. The summed E-state index contributed by atoms with van der Waals surface area (Å²) >= 11 is 0. The van der Waals surface area contributed by atoms with Gasteiger partial charge in [-0.2, -0.15) is 0 Å². The Labute approximate surface area is 122 Å². The Bertz CT molecular complexity index is 445. The highest BCUT2D eigenvalue weighted by atomic mass is 31.1. The average Bonchev–Trinajstić information content (AvgIpc) is 2.53. The van der Waals surface area contributed by atoms with Crippen LogP contribution < -0.4 is 9.47 Å². The van der Waals surface area contributed by atoms with Crippen LogP contribution in [0, 0.1) is 0 Å². The van der Waals surface area contributed by atoms with Crippen molar-refractivity contribution in [2.75, 3.05) is 20.9 Å². The monoisotopic (exact) mass is 294 g/mol. The number of carbonyl (C=O) groups excluding carboxylic acids is 1. The summed E-state index contributed by atoms with van der Waals surface area (Å²) in [6.45, 7) is 2.11. The first-order valence-corrected chi connectivity index (χ1v) is 9.03. The lowest BCUT2D eigenvalue weighted by molar-refractivity contribution is 0.107. The van der Waals surface area contributed by atoms with Crippen molar-refractivity contribution in [2.45, 2.75) is 37.8 Å². The van der Waals surface area contributed by atoms with Gasteiger partial charge in [0.25, 0.3) is 0 Å². The molecule has 0 N–H and O–H groups in total. The zero-order valence-corrected chi connectivity index (χ0v) is 13.4. The smallest absolute Gasteiger partial charge is 0.191 e. The summed E-state index contributed by atoms with van der Waals surface area (Å²) < 4.78 is 10.7. The van der Waals surface area contributed by atoms with Gasteiger partial charge in [0, 0.05) is 0 Å². The number of ether oxygens (including phenoxy) is 2. The van der Waals surface area contributed by atoms with Crippen LogP contribution in [-0.2, 0) is 0 Å². The summed E-state index contributed by atoms with van der Waals surface area (Å²) in [5.41, 5.74) is 1.39. The molecule has 0 bridgehead atoms. The van der Waals surface area contributed by atoms with Crippen molar-refractivity contribution in [1.29, 1.82) is 0 Å². The first-order valence-electron chi connectivity index (χ1n) is 7.17. The van der Waals surface area contributed by atoms with Gasteiger partial charge in [0.1, 0.15) is 17.1 Å². The first-order chi connectivity index (χ1) is 9.69. The van der Waals surface area contributed by atoms with Crippen LogP contribution in [0.15, 0.2) is 18.2 Å². The lowest BCUT2D eigenvalue weighted by Crippen LogP contribution is -2.15. The standard InChI is InChI=1S/C16H23O3P/c1-18-13-10-7-11-14(19-2)15(13)16(17)20(3)12-8-5-4-6-9-12/h7,10-12H,4-6,8-9H2,1-3H3. The van der Waals surface area contributed by atoms with E-state index in [1.54, 1.807) is 14.2 Å². The van der Waals surface area contributed by atoms with Crippen LogP contribution in [0.5, 0.6) is 11.5 Å². The Morgan fingerprint density at radius 3 is 2.15 bits per heavy atom. The topological polar surface area (TPSA) is 35.5 Å². The average molecular weight is 294 g/mol. The van der Waals surface area contributed by atoms with E-state index in [-0.39, 0.29) is 5.52 Å². The molecular formula is C16H23O3P. The minimum atomic E-state index is -0.679. The molecule has 0 radical (unpaired) electrons. The van der Waals surface area contributed by atoms with Crippen molar-refractivity contribution < 1.29 is 14.3 Å². The molecule has 1 atom stereocenters. The van der Waals surface area contributed by atoms with E-state index in [9.17, 15) is 4.79 Å². The van der Waals surface area contributed by atoms with E-state index in [1.807, 2.05) is 18.2 Å². The van der Waals surface area contributed by atoms with E-state index in [1.165, 1.54) is 32.1 Å². The molecule has 20 heavy (non-hydrogen) atoms. The predicted molar refractivity (Wildman–Crippen MR) is 83.6 cm³/mol. The number of methoxy groups -OCH3 is 2. The lowest BCUT2D eigenvalue weighted by atomic mass is 10.0. The second-order valence-corrected chi connectivity index (χ2v) is 7.60. The van der Waals surface area contributed by atoms with E-state index in [2.05, 4.69) is 6.66 Å². The number of carbonyl (C=O) groups is 1. The molecule has 0 saturated heterocycles. The van der Waals surface area contributed by atoms with Gasteiger partial charge in [-0.05, 0) is 45.2 Å². The van der Waals surface area contributed by atoms with Crippen LogP contribution in [0.4, 0.5) is 0 Å². The summed E-state index contributed by atoms with van der Waals surface area (Å²) in [4.78, 5) is 12.9. The number of hydrogen-bond donors (Lipinski definition) is 0. The van der Waals surface area contributed by atoms with E-state index >= 15 is 0 Å². The molecule has 1 saturated carbocycles. The van der Waals surface area contributed by atoms with Gasteiger partial charge < -0.3 is 9.47 Å². The van der Waals surface area contributed by atoms with Crippen molar-refractivity contribution in [3.63, 3.8) is 0 Å². The molecule has 4 heteroatoms. The van der Waals surface area contributed by atoms with Crippen LogP contribution in [0.1, 0.15) is 42.5 Å². The highest BCUT2D eigenvalue weighted by Gasteiger charge is 2.29. The van der Waals surface area contributed by atoms with Crippen molar-refractivity contribution in [2.24, 2.45) is 0 Å².